The third-order valence-electron chi connectivity index (χ3n) is 2.71. The Balaban J connectivity index is 2.42. The molecule has 0 aliphatic carbocycles. The smallest absolute Gasteiger partial charge is 0.264 e. The van der Waals surface area contributed by atoms with E-state index in [0.29, 0.717) is 11.4 Å². The van der Waals surface area contributed by atoms with Crippen molar-refractivity contribution in [1.82, 2.24) is 0 Å². The summed E-state index contributed by atoms with van der Waals surface area (Å²) in [4.78, 5) is 0.237. The lowest BCUT2D eigenvalue weighted by molar-refractivity contribution is 0.594. The highest BCUT2D eigenvalue weighted by atomic mass is 79.9. The molecule has 0 saturated carbocycles. The number of nitrogens with zero attached hydrogens (tertiary/aromatic N) is 1. The van der Waals surface area contributed by atoms with Crippen LogP contribution in [0.1, 0.15) is 0 Å². The predicted octanol–water partition coefficient (Wildman–Crippen LogP) is 2.86. The Bertz CT molecular complexity index is 684. The summed E-state index contributed by atoms with van der Waals surface area (Å²) in [6.07, 6.45) is 0. The molecule has 0 bridgehead atoms. The molecule has 2 rings (SSSR count). The maximum Gasteiger partial charge on any atom is 0.264 e. The highest BCUT2D eigenvalue weighted by Crippen LogP contribution is 2.24. The molecule has 0 atom stereocenters. The fourth-order valence-corrected chi connectivity index (χ4v) is 3.08. The highest BCUT2D eigenvalue weighted by molar-refractivity contribution is 9.10. The minimum atomic E-state index is -3.57. The predicted molar refractivity (Wildman–Crippen MR) is 80.6 cm³/mol. The topological polar surface area (TPSA) is 63.4 Å². The number of sulfonamides is 1. The third-order valence-corrected chi connectivity index (χ3v) is 5.03. The molecule has 19 heavy (non-hydrogen) atoms. The number of halogens is 1. The molecule has 100 valence electrons. The van der Waals surface area contributed by atoms with Crippen LogP contribution in [0.15, 0.2) is 57.9 Å². The van der Waals surface area contributed by atoms with Gasteiger partial charge in [0.05, 0.1) is 10.6 Å². The molecule has 4 nitrogen and oxygen atoms in total. The molecule has 2 aromatic carbocycles. The van der Waals surface area contributed by atoms with E-state index in [-0.39, 0.29) is 4.90 Å². The number of anilines is 2. The zero-order valence-electron chi connectivity index (χ0n) is 10.2. The lowest BCUT2D eigenvalue weighted by atomic mass is 10.3. The van der Waals surface area contributed by atoms with Crippen molar-refractivity contribution in [2.75, 3.05) is 17.1 Å². The van der Waals surface area contributed by atoms with Gasteiger partial charge in [-0.2, -0.15) is 0 Å². The molecular formula is C13H13BrN2O2S. The summed E-state index contributed by atoms with van der Waals surface area (Å²) in [5.74, 6) is 0. The van der Waals surface area contributed by atoms with Crippen molar-refractivity contribution in [2.45, 2.75) is 4.90 Å². The lowest BCUT2D eigenvalue weighted by Gasteiger charge is -2.19. The minimum Gasteiger partial charge on any atom is -0.399 e. The van der Waals surface area contributed by atoms with Gasteiger partial charge in [0.25, 0.3) is 10.0 Å². The van der Waals surface area contributed by atoms with Crippen LogP contribution in [-0.2, 0) is 10.0 Å². The third kappa shape index (κ3) is 2.90. The van der Waals surface area contributed by atoms with Crippen LogP contribution in [0, 0.1) is 0 Å². The zero-order valence-corrected chi connectivity index (χ0v) is 12.6. The average Bonchev–Trinajstić information content (AvgIpc) is 2.38. The summed E-state index contributed by atoms with van der Waals surface area (Å²) >= 11 is 3.28. The fraction of sp³-hybridized carbons (Fsp3) is 0.0769. The Morgan fingerprint density at radius 1 is 1.11 bits per heavy atom. The molecule has 0 saturated heterocycles. The Labute approximate surface area is 121 Å². The Morgan fingerprint density at radius 2 is 1.74 bits per heavy atom. The van der Waals surface area contributed by atoms with E-state index in [9.17, 15) is 8.42 Å². The van der Waals surface area contributed by atoms with Crippen LogP contribution in [0.4, 0.5) is 11.4 Å². The van der Waals surface area contributed by atoms with E-state index in [1.807, 2.05) is 0 Å². The van der Waals surface area contributed by atoms with Gasteiger partial charge in [0.15, 0.2) is 0 Å². The Kier molecular flexibility index (Phi) is 3.82. The van der Waals surface area contributed by atoms with Gasteiger partial charge in [-0.1, -0.05) is 22.0 Å². The first-order chi connectivity index (χ1) is 8.91. The molecular weight excluding hydrogens is 328 g/mol. The number of hydrogen-bond donors (Lipinski definition) is 1. The second-order valence-electron chi connectivity index (χ2n) is 4.02. The van der Waals surface area contributed by atoms with Gasteiger partial charge < -0.3 is 5.73 Å². The van der Waals surface area contributed by atoms with Crippen molar-refractivity contribution < 1.29 is 8.42 Å². The quantitative estimate of drug-likeness (QED) is 0.873. The molecule has 0 fully saturated rings. The summed E-state index contributed by atoms with van der Waals surface area (Å²) in [6, 6.07) is 13.3. The van der Waals surface area contributed by atoms with Gasteiger partial charge in [-0.15, -0.1) is 0 Å². The van der Waals surface area contributed by atoms with E-state index in [4.69, 9.17) is 5.73 Å². The first-order valence-electron chi connectivity index (χ1n) is 5.51. The second kappa shape index (κ2) is 5.22. The van der Waals surface area contributed by atoms with Crippen molar-refractivity contribution in [1.29, 1.82) is 0 Å². The van der Waals surface area contributed by atoms with E-state index in [1.165, 1.54) is 11.4 Å². The summed E-state index contributed by atoms with van der Waals surface area (Å²) in [6.45, 7) is 0. The van der Waals surface area contributed by atoms with E-state index in [0.717, 1.165) is 4.47 Å². The van der Waals surface area contributed by atoms with Crippen LogP contribution < -0.4 is 10.0 Å². The number of nitrogens with two attached hydrogens (primary N) is 1. The fourth-order valence-electron chi connectivity index (χ4n) is 1.62. The zero-order chi connectivity index (χ0) is 14.0. The van der Waals surface area contributed by atoms with E-state index in [2.05, 4.69) is 15.9 Å². The van der Waals surface area contributed by atoms with Crippen molar-refractivity contribution in [3.8, 4) is 0 Å². The number of nitrogen functional groups attached to an aromatic ring is 1. The maximum absolute atomic E-state index is 12.4. The molecule has 0 aromatic heterocycles. The van der Waals surface area contributed by atoms with Gasteiger partial charge in [0, 0.05) is 17.2 Å². The SMILES string of the molecule is CN(c1cccc(N)c1)S(=O)(=O)c1ccc(Br)cc1. The van der Waals surface area contributed by atoms with Gasteiger partial charge in [-0.05, 0) is 42.5 Å². The van der Waals surface area contributed by atoms with Crippen LogP contribution in [-0.4, -0.2) is 15.5 Å². The van der Waals surface area contributed by atoms with Gasteiger partial charge in [-0.25, -0.2) is 8.42 Å². The molecule has 0 spiro atoms. The van der Waals surface area contributed by atoms with Crippen LogP contribution in [0.25, 0.3) is 0 Å². The highest BCUT2D eigenvalue weighted by Gasteiger charge is 2.21. The minimum absolute atomic E-state index is 0.237. The van der Waals surface area contributed by atoms with Crippen LogP contribution in [0.5, 0.6) is 0 Å². The molecule has 0 unspecified atom stereocenters. The van der Waals surface area contributed by atoms with Crippen LogP contribution in [0.3, 0.4) is 0 Å². The number of hydrogen-bond acceptors (Lipinski definition) is 3. The van der Waals surface area contributed by atoms with Crippen LogP contribution >= 0.6 is 15.9 Å². The normalized spacial score (nSPS) is 11.3. The van der Waals surface area contributed by atoms with E-state index >= 15 is 0 Å². The van der Waals surface area contributed by atoms with Crippen molar-refractivity contribution in [2.24, 2.45) is 0 Å². The standard InChI is InChI=1S/C13H13BrN2O2S/c1-16(12-4-2-3-11(15)9-12)19(17,18)13-7-5-10(14)6-8-13/h2-9H,15H2,1H3. The second-order valence-corrected chi connectivity index (χ2v) is 6.91. The molecule has 2 N–H and O–H groups in total. The molecule has 0 radical (unpaired) electrons. The van der Waals surface area contributed by atoms with Crippen molar-refractivity contribution in [3.63, 3.8) is 0 Å². The Hall–Kier alpha value is -1.53. The molecule has 0 heterocycles. The van der Waals surface area contributed by atoms with Gasteiger partial charge in [0.1, 0.15) is 0 Å². The van der Waals surface area contributed by atoms with E-state index in [1.54, 1.807) is 48.5 Å². The van der Waals surface area contributed by atoms with Gasteiger partial charge in [-0.3, -0.25) is 4.31 Å². The molecule has 0 aliphatic heterocycles. The molecule has 0 aliphatic rings. The lowest BCUT2D eigenvalue weighted by Crippen LogP contribution is -2.26. The maximum atomic E-state index is 12.4. The van der Waals surface area contributed by atoms with Crippen molar-refractivity contribution >= 4 is 37.3 Å². The number of benzene rings is 2. The number of rotatable bonds is 3. The van der Waals surface area contributed by atoms with E-state index < -0.39 is 10.0 Å². The molecule has 2 aromatic rings. The van der Waals surface area contributed by atoms with Crippen molar-refractivity contribution in [3.05, 3.63) is 53.0 Å². The molecule has 0 amide bonds. The Morgan fingerprint density at radius 3 is 2.32 bits per heavy atom. The summed E-state index contributed by atoms with van der Waals surface area (Å²) < 4.78 is 26.9. The monoisotopic (exact) mass is 340 g/mol. The first-order valence-corrected chi connectivity index (χ1v) is 7.74. The molecule has 6 heteroatoms. The van der Waals surface area contributed by atoms with Gasteiger partial charge in [0.2, 0.25) is 0 Å². The van der Waals surface area contributed by atoms with Gasteiger partial charge >= 0.3 is 0 Å². The average molecular weight is 341 g/mol. The van der Waals surface area contributed by atoms with Crippen LogP contribution in [0.2, 0.25) is 0 Å². The largest absolute Gasteiger partial charge is 0.399 e. The first kappa shape index (κ1) is 13.9. The summed E-state index contributed by atoms with van der Waals surface area (Å²) in [7, 11) is -2.06. The summed E-state index contributed by atoms with van der Waals surface area (Å²) in [5, 5.41) is 0. The summed E-state index contributed by atoms with van der Waals surface area (Å²) in [5.41, 5.74) is 6.72.